The highest BCUT2D eigenvalue weighted by molar-refractivity contribution is 7.92. The predicted molar refractivity (Wildman–Crippen MR) is 79.8 cm³/mol. The van der Waals surface area contributed by atoms with Gasteiger partial charge in [0.15, 0.2) is 9.84 Å². The Hall–Kier alpha value is -0.720. The summed E-state index contributed by atoms with van der Waals surface area (Å²) >= 11 is 0. The Kier molecular flexibility index (Phi) is 3.97. The second-order valence-electron chi connectivity index (χ2n) is 5.58. The van der Waals surface area contributed by atoms with Crippen LogP contribution in [0.1, 0.15) is 6.42 Å². The SMILES string of the molecule is O=S(CCN1C[C@@H]2CCS(=O)(=O)[C@@H]2C1)c1ccccc1. The standard InChI is InChI=1S/C14H19NO3S2/c16-19(13-4-2-1-3-5-13)8-7-15-10-12-6-9-20(17,18)14(12)11-15/h1-5,12,14H,6-11H2/t12-,14+,19?/m0/s1. The first kappa shape index (κ1) is 14.2. The van der Waals surface area contributed by atoms with Gasteiger partial charge in [0.05, 0.1) is 21.8 Å². The summed E-state index contributed by atoms with van der Waals surface area (Å²) in [6, 6.07) is 9.44. The van der Waals surface area contributed by atoms with Crippen molar-refractivity contribution >= 4 is 20.6 Å². The van der Waals surface area contributed by atoms with Crippen molar-refractivity contribution in [3.63, 3.8) is 0 Å². The second-order valence-corrected chi connectivity index (χ2v) is 9.49. The summed E-state index contributed by atoms with van der Waals surface area (Å²) in [4.78, 5) is 3.01. The molecular weight excluding hydrogens is 294 g/mol. The number of fused-ring (bicyclic) bond motifs is 1. The summed E-state index contributed by atoms with van der Waals surface area (Å²) in [6.45, 7) is 2.18. The minimum absolute atomic E-state index is 0.173. The number of sulfone groups is 1. The van der Waals surface area contributed by atoms with Gasteiger partial charge in [-0.2, -0.15) is 0 Å². The van der Waals surface area contributed by atoms with E-state index in [1.165, 1.54) is 0 Å². The number of benzene rings is 1. The van der Waals surface area contributed by atoms with Gasteiger partial charge in [0.2, 0.25) is 0 Å². The maximum absolute atomic E-state index is 12.1. The van der Waals surface area contributed by atoms with E-state index in [9.17, 15) is 12.6 Å². The molecule has 2 saturated heterocycles. The van der Waals surface area contributed by atoms with Crippen molar-refractivity contribution in [2.45, 2.75) is 16.6 Å². The lowest BCUT2D eigenvalue weighted by molar-refractivity contribution is 0.341. The van der Waals surface area contributed by atoms with Gasteiger partial charge in [0.1, 0.15) is 0 Å². The maximum atomic E-state index is 12.1. The van der Waals surface area contributed by atoms with E-state index in [1.807, 2.05) is 30.3 Å². The molecule has 1 aromatic rings. The maximum Gasteiger partial charge on any atom is 0.154 e. The summed E-state index contributed by atoms with van der Waals surface area (Å²) in [5.41, 5.74) is 0. The van der Waals surface area contributed by atoms with Crippen LogP contribution in [0.3, 0.4) is 0 Å². The third-order valence-electron chi connectivity index (χ3n) is 4.29. The van der Waals surface area contributed by atoms with E-state index >= 15 is 0 Å². The topological polar surface area (TPSA) is 54.5 Å². The van der Waals surface area contributed by atoms with Crippen LogP contribution in [0.4, 0.5) is 0 Å². The van der Waals surface area contributed by atoms with Crippen molar-refractivity contribution in [2.24, 2.45) is 5.92 Å². The average Bonchev–Trinajstić information content (AvgIpc) is 2.98. The largest absolute Gasteiger partial charge is 0.301 e. The second kappa shape index (κ2) is 5.58. The Morgan fingerprint density at radius 1 is 1.20 bits per heavy atom. The molecule has 3 rings (SSSR count). The van der Waals surface area contributed by atoms with Crippen LogP contribution < -0.4 is 0 Å². The van der Waals surface area contributed by atoms with Crippen LogP contribution in [-0.4, -0.2) is 53.9 Å². The molecule has 1 aromatic carbocycles. The van der Waals surface area contributed by atoms with E-state index in [0.29, 0.717) is 30.5 Å². The first-order valence-electron chi connectivity index (χ1n) is 6.93. The molecule has 0 saturated carbocycles. The van der Waals surface area contributed by atoms with Crippen LogP contribution in [-0.2, 0) is 20.6 Å². The fourth-order valence-corrected chi connectivity index (χ4v) is 6.46. The Balaban J connectivity index is 1.55. The molecular formula is C14H19NO3S2. The summed E-state index contributed by atoms with van der Waals surface area (Å²) < 4.78 is 35.9. The Morgan fingerprint density at radius 2 is 1.95 bits per heavy atom. The van der Waals surface area contributed by atoms with Crippen molar-refractivity contribution in [3.05, 3.63) is 30.3 Å². The summed E-state index contributed by atoms with van der Waals surface area (Å²) in [5.74, 6) is 1.22. The molecule has 0 bridgehead atoms. The predicted octanol–water partition coefficient (Wildman–Crippen LogP) is 0.913. The zero-order chi connectivity index (χ0) is 14.2. The van der Waals surface area contributed by atoms with Gasteiger partial charge >= 0.3 is 0 Å². The number of hydrogen-bond acceptors (Lipinski definition) is 4. The molecule has 0 amide bonds. The Morgan fingerprint density at radius 3 is 2.65 bits per heavy atom. The number of rotatable bonds is 4. The smallest absolute Gasteiger partial charge is 0.154 e. The zero-order valence-electron chi connectivity index (χ0n) is 11.3. The molecule has 2 fully saturated rings. The van der Waals surface area contributed by atoms with Gasteiger partial charge in [-0.25, -0.2) is 8.42 Å². The molecule has 0 aromatic heterocycles. The van der Waals surface area contributed by atoms with Crippen LogP contribution in [0.5, 0.6) is 0 Å². The van der Waals surface area contributed by atoms with Crippen LogP contribution >= 0.6 is 0 Å². The van der Waals surface area contributed by atoms with Crippen LogP contribution in [0.25, 0.3) is 0 Å². The molecule has 0 aliphatic carbocycles. The van der Waals surface area contributed by atoms with E-state index in [4.69, 9.17) is 0 Å². The molecule has 4 nitrogen and oxygen atoms in total. The van der Waals surface area contributed by atoms with Gasteiger partial charge < -0.3 is 4.90 Å². The van der Waals surface area contributed by atoms with Crippen LogP contribution in [0, 0.1) is 5.92 Å². The first-order valence-corrected chi connectivity index (χ1v) is 9.97. The van der Waals surface area contributed by atoms with Crippen molar-refractivity contribution < 1.29 is 12.6 Å². The first-order chi connectivity index (χ1) is 9.56. The molecule has 2 aliphatic rings. The van der Waals surface area contributed by atoms with Crippen molar-refractivity contribution in [3.8, 4) is 0 Å². The zero-order valence-corrected chi connectivity index (χ0v) is 12.9. The molecule has 0 N–H and O–H groups in total. The van der Waals surface area contributed by atoms with E-state index in [1.54, 1.807) is 0 Å². The molecule has 2 aliphatic heterocycles. The quantitative estimate of drug-likeness (QED) is 0.829. The lowest BCUT2D eigenvalue weighted by Crippen LogP contribution is -2.29. The Labute approximate surface area is 122 Å². The molecule has 20 heavy (non-hydrogen) atoms. The van der Waals surface area contributed by atoms with Gasteiger partial charge in [0, 0.05) is 30.3 Å². The number of hydrogen-bond donors (Lipinski definition) is 0. The monoisotopic (exact) mass is 313 g/mol. The number of likely N-dealkylation sites (tertiary alicyclic amines) is 1. The van der Waals surface area contributed by atoms with Crippen LogP contribution in [0.15, 0.2) is 35.2 Å². The summed E-state index contributed by atoms with van der Waals surface area (Å²) in [5, 5.41) is -0.173. The van der Waals surface area contributed by atoms with E-state index in [2.05, 4.69) is 4.90 Å². The van der Waals surface area contributed by atoms with Crippen molar-refractivity contribution in [1.29, 1.82) is 0 Å². The fourth-order valence-electron chi connectivity index (χ4n) is 3.16. The van der Waals surface area contributed by atoms with Crippen LogP contribution in [0.2, 0.25) is 0 Å². The minimum Gasteiger partial charge on any atom is -0.301 e. The normalized spacial score (nSPS) is 30.2. The molecule has 2 heterocycles. The molecule has 6 heteroatoms. The highest BCUT2D eigenvalue weighted by Gasteiger charge is 2.45. The molecule has 0 radical (unpaired) electrons. The summed E-state index contributed by atoms with van der Waals surface area (Å²) in [7, 11) is -3.86. The number of nitrogens with zero attached hydrogens (tertiary/aromatic N) is 1. The van der Waals surface area contributed by atoms with Gasteiger partial charge in [-0.3, -0.25) is 4.21 Å². The highest BCUT2D eigenvalue weighted by Crippen LogP contribution is 2.33. The average molecular weight is 313 g/mol. The van der Waals surface area contributed by atoms with Gasteiger partial charge in [0.25, 0.3) is 0 Å². The van der Waals surface area contributed by atoms with Gasteiger partial charge in [-0.1, -0.05) is 18.2 Å². The van der Waals surface area contributed by atoms with Gasteiger partial charge in [-0.15, -0.1) is 0 Å². The highest BCUT2D eigenvalue weighted by atomic mass is 32.2. The Bertz CT molecular complexity index is 600. The lowest BCUT2D eigenvalue weighted by atomic mass is 10.1. The minimum atomic E-state index is -2.87. The van der Waals surface area contributed by atoms with Gasteiger partial charge in [-0.05, 0) is 24.5 Å². The molecule has 110 valence electrons. The van der Waals surface area contributed by atoms with Crippen molar-refractivity contribution in [1.82, 2.24) is 4.90 Å². The van der Waals surface area contributed by atoms with E-state index in [0.717, 1.165) is 17.9 Å². The van der Waals surface area contributed by atoms with Crippen molar-refractivity contribution in [2.75, 3.05) is 31.1 Å². The van der Waals surface area contributed by atoms with E-state index < -0.39 is 20.6 Å². The molecule has 3 atom stereocenters. The van der Waals surface area contributed by atoms with E-state index in [-0.39, 0.29) is 5.25 Å². The third kappa shape index (κ3) is 2.82. The third-order valence-corrected chi connectivity index (χ3v) is 7.90. The lowest BCUT2D eigenvalue weighted by Gasteiger charge is -2.16. The molecule has 0 spiro atoms. The summed E-state index contributed by atoms with van der Waals surface area (Å²) in [6.07, 6.45) is 0.797. The fraction of sp³-hybridized carbons (Fsp3) is 0.571. The molecule has 1 unspecified atom stereocenters.